The molecule has 0 spiro atoms. The molecular formula is C19H26ClFN4O5. The maximum Gasteiger partial charge on any atom is 0.408 e. The Kier molecular flexibility index (Phi) is 10.6. The Labute approximate surface area is 179 Å². The van der Waals surface area contributed by atoms with E-state index in [1.807, 2.05) is 19.9 Å². The van der Waals surface area contributed by atoms with Crippen molar-refractivity contribution < 1.29 is 28.3 Å². The summed E-state index contributed by atoms with van der Waals surface area (Å²) in [4.78, 5) is 47.6. The first-order valence-electron chi connectivity index (χ1n) is 9.25. The normalized spacial score (nSPS) is 12.6. The molecule has 0 saturated carbocycles. The van der Waals surface area contributed by atoms with Gasteiger partial charge in [-0.2, -0.15) is 0 Å². The van der Waals surface area contributed by atoms with Gasteiger partial charge in [-0.25, -0.2) is 14.2 Å². The van der Waals surface area contributed by atoms with Gasteiger partial charge in [0.05, 0.1) is 6.54 Å². The third kappa shape index (κ3) is 9.55. The lowest BCUT2D eigenvalue weighted by molar-refractivity contribution is -0.144. The number of hydrogen-bond acceptors (Lipinski definition) is 5. The smallest absolute Gasteiger partial charge is 0.408 e. The molecule has 0 aliphatic rings. The van der Waals surface area contributed by atoms with Gasteiger partial charge in [-0.1, -0.05) is 55.8 Å². The number of nitrogens with zero attached hydrogens (tertiary/aromatic N) is 1. The van der Waals surface area contributed by atoms with Gasteiger partial charge >= 0.3 is 6.09 Å². The van der Waals surface area contributed by atoms with Crippen LogP contribution in [0.25, 0.3) is 0 Å². The fourth-order valence-electron chi connectivity index (χ4n) is 2.38. The van der Waals surface area contributed by atoms with Gasteiger partial charge in [0.25, 0.3) is 17.4 Å². The molecule has 1 aromatic rings. The van der Waals surface area contributed by atoms with Crippen LogP contribution in [-0.2, 0) is 25.7 Å². The van der Waals surface area contributed by atoms with Gasteiger partial charge in [-0.05, 0) is 17.9 Å². The Balaban J connectivity index is 2.78. The summed E-state index contributed by atoms with van der Waals surface area (Å²) < 4.78 is 18.3. The van der Waals surface area contributed by atoms with E-state index in [-0.39, 0.29) is 31.9 Å². The van der Waals surface area contributed by atoms with Crippen LogP contribution in [0.2, 0.25) is 0 Å². The van der Waals surface area contributed by atoms with E-state index >= 15 is 0 Å². The second kappa shape index (κ2) is 12.6. The van der Waals surface area contributed by atoms with Gasteiger partial charge < -0.3 is 15.8 Å². The maximum absolute atomic E-state index is 13.2. The molecular weight excluding hydrogens is 419 g/mol. The van der Waals surface area contributed by atoms with Gasteiger partial charge in [0.15, 0.2) is 0 Å². The first kappa shape index (κ1) is 25.2. The minimum atomic E-state index is -2.43. The highest BCUT2D eigenvalue weighted by atomic mass is 35.5. The topological polar surface area (TPSA) is 131 Å². The Morgan fingerprint density at radius 1 is 1.20 bits per heavy atom. The van der Waals surface area contributed by atoms with Crippen molar-refractivity contribution in [2.75, 3.05) is 6.54 Å². The van der Waals surface area contributed by atoms with E-state index in [1.165, 1.54) is 0 Å². The number of nitrogens with one attached hydrogen (secondary N) is 2. The summed E-state index contributed by atoms with van der Waals surface area (Å²) in [7, 11) is 0. The average Bonchev–Trinajstić information content (AvgIpc) is 2.68. The predicted molar refractivity (Wildman–Crippen MR) is 107 cm³/mol. The highest BCUT2D eigenvalue weighted by Crippen LogP contribution is 2.08. The summed E-state index contributed by atoms with van der Waals surface area (Å²) in [5, 5.41) is 2.99. The molecule has 2 atom stereocenters. The van der Waals surface area contributed by atoms with E-state index in [2.05, 4.69) is 10.7 Å². The molecule has 0 fully saturated rings. The predicted octanol–water partition coefficient (Wildman–Crippen LogP) is 1.60. The Morgan fingerprint density at radius 2 is 1.83 bits per heavy atom. The molecule has 0 aliphatic heterocycles. The van der Waals surface area contributed by atoms with Crippen molar-refractivity contribution in [3.8, 4) is 0 Å². The van der Waals surface area contributed by atoms with Crippen LogP contribution in [0, 0.1) is 5.92 Å². The quantitative estimate of drug-likeness (QED) is 0.372. The Hall–Kier alpha value is -2.88. The van der Waals surface area contributed by atoms with Crippen molar-refractivity contribution in [2.45, 2.75) is 45.0 Å². The molecule has 166 valence electrons. The zero-order valence-corrected chi connectivity index (χ0v) is 17.5. The van der Waals surface area contributed by atoms with E-state index in [0.717, 1.165) is 5.56 Å². The molecule has 0 aromatic heterocycles. The average molecular weight is 445 g/mol. The van der Waals surface area contributed by atoms with E-state index < -0.39 is 35.5 Å². The number of amides is 4. The number of rotatable bonds is 10. The van der Waals surface area contributed by atoms with Crippen LogP contribution >= 0.6 is 11.6 Å². The molecule has 0 heterocycles. The van der Waals surface area contributed by atoms with Gasteiger partial charge in [0.1, 0.15) is 12.6 Å². The van der Waals surface area contributed by atoms with Gasteiger partial charge in [0.2, 0.25) is 5.91 Å². The number of carbonyl (C=O) groups excluding carboxylic acids is 4. The van der Waals surface area contributed by atoms with Crippen molar-refractivity contribution in [1.82, 2.24) is 15.8 Å². The van der Waals surface area contributed by atoms with E-state index in [1.54, 1.807) is 24.3 Å². The third-order valence-corrected chi connectivity index (χ3v) is 3.99. The molecule has 9 nitrogen and oxygen atoms in total. The molecule has 0 radical (unpaired) electrons. The highest BCUT2D eigenvalue weighted by molar-refractivity contribution is 6.29. The minimum Gasteiger partial charge on any atom is -0.445 e. The molecule has 30 heavy (non-hydrogen) atoms. The summed E-state index contributed by atoms with van der Waals surface area (Å²) >= 11 is 5.15. The lowest BCUT2D eigenvalue weighted by Crippen LogP contribution is -2.56. The van der Waals surface area contributed by atoms with Crippen LogP contribution in [-0.4, -0.2) is 47.0 Å². The van der Waals surface area contributed by atoms with Crippen LogP contribution in [0.5, 0.6) is 0 Å². The van der Waals surface area contributed by atoms with Crippen LogP contribution in [0.1, 0.15) is 32.3 Å². The van der Waals surface area contributed by atoms with Crippen LogP contribution in [0.3, 0.4) is 0 Å². The summed E-state index contributed by atoms with van der Waals surface area (Å²) in [6.07, 6.45) is -0.948. The fraction of sp³-hybridized carbons (Fsp3) is 0.474. The van der Waals surface area contributed by atoms with Crippen LogP contribution in [0.4, 0.5) is 9.18 Å². The number of alkyl halides is 2. The van der Waals surface area contributed by atoms with Gasteiger partial charge in [-0.15, -0.1) is 0 Å². The molecule has 1 rings (SSSR count). The number of halogens is 2. The third-order valence-electron chi connectivity index (χ3n) is 3.81. The van der Waals surface area contributed by atoms with Crippen molar-refractivity contribution in [1.29, 1.82) is 0 Å². The lowest BCUT2D eigenvalue weighted by Gasteiger charge is -2.26. The van der Waals surface area contributed by atoms with Crippen molar-refractivity contribution in [2.24, 2.45) is 11.7 Å². The summed E-state index contributed by atoms with van der Waals surface area (Å²) in [6, 6.07) is 7.86. The number of ether oxygens (including phenoxy) is 1. The van der Waals surface area contributed by atoms with Crippen molar-refractivity contribution in [3.05, 3.63) is 35.9 Å². The summed E-state index contributed by atoms with van der Waals surface area (Å²) in [5.74, 6) is -2.82. The summed E-state index contributed by atoms with van der Waals surface area (Å²) in [5.41, 5.74) is 5.55. The number of carbonyl (C=O) groups is 4. The van der Waals surface area contributed by atoms with Crippen molar-refractivity contribution >= 4 is 35.4 Å². The highest BCUT2D eigenvalue weighted by Gasteiger charge is 2.28. The molecule has 0 aliphatic carbocycles. The molecule has 0 unspecified atom stereocenters. The Bertz CT molecular complexity index is 733. The first-order valence-corrected chi connectivity index (χ1v) is 9.69. The van der Waals surface area contributed by atoms with Crippen LogP contribution in [0.15, 0.2) is 30.3 Å². The SMILES string of the molecule is CC(C)C[C@@H](NC(=O)OCc1ccccc1)C(=O)NN(CCC(N)=O)C(=O)[C@@H](F)Cl. The molecule has 11 heteroatoms. The maximum atomic E-state index is 13.2. The molecule has 1 aromatic carbocycles. The molecule has 4 N–H and O–H groups in total. The number of alkyl carbamates (subject to hydrolysis) is 1. The van der Waals surface area contributed by atoms with E-state index in [0.29, 0.717) is 5.01 Å². The first-order chi connectivity index (χ1) is 14.1. The van der Waals surface area contributed by atoms with E-state index in [4.69, 9.17) is 22.1 Å². The molecule has 0 saturated heterocycles. The number of hydrogen-bond donors (Lipinski definition) is 3. The molecule has 0 bridgehead atoms. The second-order valence-corrected chi connectivity index (χ2v) is 7.25. The molecule has 4 amide bonds. The Morgan fingerprint density at radius 3 is 2.37 bits per heavy atom. The fourth-order valence-corrected chi connectivity index (χ4v) is 2.50. The van der Waals surface area contributed by atoms with Crippen LogP contribution < -0.4 is 16.5 Å². The number of hydrazine groups is 1. The summed E-state index contributed by atoms with van der Waals surface area (Å²) in [6.45, 7) is 3.27. The number of nitrogens with two attached hydrogens (primary N) is 1. The van der Waals surface area contributed by atoms with E-state index in [9.17, 15) is 23.6 Å². The zero-order valence-electron chi connectivity index (χ0n) is 16.8. The van der Waals surface area contributed by atoms with Gasteiger partial charge in [-0.3, -0.25) is 19.8 Å². The lowest BCUT2D eigenvalue weighted by atomic mass is 10.0. The van der Waals surface area contributed by atoms with Crippen molar-refractivity contribution in [3.63, 3.8) is 0 Å². The minimum absolute atomic E-state index is 0.00168. The largest absolute Gasteiger partial charge is 0.445 e. The standard InChI is InChI=1S/C19H26ClFN4O5/c1-12(2)10-14(23-19(29)30-11-13-6-4-3-5-7-13)17(27)24-25(9-8-15(22)26)18(28)16(20)21/h3-7,12,14,16H,8-11H2,1-2H3,(H2,22,26)(H,23,29)(H,24,27)/t14-,16-/m1/s1. The second-order valence-electron chi connectivity index (χ2n) is 6.87. The zero-order chi connectivity index (χ0) is 22.7. The number of benzene rings is 1. The van der Waals surface area contributed by atoms with Gasteiger partial charge in [0, 0.05) is 6.42 Å². The number of primary amides is 1. The monoisotopic (exact) mass is 444 g/mol.